The summed E-state index contributed by atoms with van der Waals surface area (Å²) in [5.41, 5.74) is 3.49. The first-order chi connectivity index (χ1) is 17.0. The number of carbonyl (C=O) groups excluding carboxylic acids is 1. The Morgan fingerprint density at radius 2 is 1.74 bits per heavy atom. The van der Waals surface area contributed by atoms with Crippen LogP contribution in [0.5, 0.6) is 0 Å². The Labute approximate surface area is 215 Å². The highest BCUT2D eigenvalue weighted by Crippen LogP contribution is 2.52. The number of aryl methyl sites for hydroxylation is 2. The molecule has 7 nitrogen and oxygen atoms in total. The third-order valence-electron chi connectivity index (χ3n) is 5.40. The van der Waals surface area contributed by atoms with Crippen molar-refractivity contribution in [2.45, 2.75) is 32.9 Å². The second-order valence-electron chi connectivity index (χ2n) is 7.76. The Kier molecular flexibility index (Phi) is 7.29. The van der Waals surface area contributed by atoms with Crippen LogP contribution in [-0.4, -0.2) is 29.1 Å². The molecule has 0 saturated heterocycles. The van der Waals surface area contributed by atoms with Crippen molar-refractivity contribution in [3.05, 3.63) is 61.4 Å². The summed E-state index contributed by atoms with van der Waals surface area (Å²) in [6.07, 6.45) is 1.95. The van der Waals surface area contributed by atoms with E-state index in [0.717, 1.165) is 24.1 Å². The molecule has 35 heavy (non-hydrogen) atoms. The summed E-state index contributed by atoms with van der Waals surface area (Å²) in [4.78, 5) is 25.8. The van der Waals surface area contributed by atoms with Crippen LogP contribution in [0.15, 0.2) is 41.8 Å². The van der Waals surface area contributed by atoms with Crippen LogP contribution in [0.4, 0.5) is 5.13 Å². The number of fused-ring (bicyclic) bond motifs is 3. The fourth-order valence-electron chi connectivity index (χ4n) is 3.98. The number of anilines is 1. The van der Waals surface area contributed by atoms with Crippen molar-refractivity contribution in [2.24, 2.45) is 0 Å². The number of amides is 1. The Hall–Kier alpha value is -2.20. The lowest BCUT2D eigenvalue weighted by Crippen LogP contribution is -2.11. The van der Waals surface area contributed by atoms with Gasteiger partial charge in [-0.15, -0.1) is 34.0 Å². The number of thiophene rings is 1. The van der Waals surface area contributed by atoms with Crippen molar-refractivity contribution < 1.29 is 18.4 Å². The quantitative estimate of drug-likeness (QED) is 0.225. The average molecular weight is 546 g/mol. The molecule has 0 aliphatic heterocycles. The summed E-state index contributed by atoms with van der Waals surface area (Å²) < 4.78 is 24.0. The van der Waals surface area contributed by atoms with E-state index in [4.69, 9.17) is 19.0 Å². The molecule has 3 aromatic heterocycles. The van der Waals surface area contributed by atoms with E-state index in [1.807, 2.05) is 30.3 Å². The van der Waals surface area contributed by atoms with Crippen molar-refractivity contribution in [1.82, 2.24) is 9.97 Å². The molecule has 0 fully saturated rings. The highest BCUT2D eigenvalue weighted by molar-refractivity contribution is 7.53. The molecular formula is C24H24N3O4PS3. The van der Waals surface area contributed by atoms with Gasteiger partial charge in [-0.3, -0.25) is 14.7 Å². The molecule has 0 saturated carbocycles. The van der Waals surface area contributed by atoms with Gasteiger partial charge in [-0.25, -0.2) is 9.97 Å². The Bertz CT molecular complexity index is 1390. The topological polar surface area (TPSA) is 90.4 Å². The first-order valence-electron chi connectivity index (χ1n) is 11.3. The van der Waals surface area contributed by atoms with E-state index in [2.05, 4.69) is 16.8 Å². The number of carbonyl (C=O) groups is 1. The molecule has 1 amide bonds. The maximum Gasteiger partial charge on any atom is 0.337 e. The van der Waals surface area contributed by atoms with Crippen LogP contribution in [0.1, 0.15) is 38.3 Å². The zero-order valence-electron chi connectivity index (χ0n) is 19.3. The van der Waals surface area contributed by atoms with Crippen molar-refractivity contribution in [3.63, 3.8) is 0 Å². The largest absolute Gasteiger partial charge is 0.337 e. The SMILES string of the molecule is CCOP(=O)(Cc1nc(-c2ccccc2)c(C(=O)Nc2nc3c(s2)CCc2sccc2-3)s1)OCC. The maximum atomic E-state index is 13.4. The lowest BCUT2D eigenvalue weighted by molar-refractivity contribution is 0.103. The van der Waals surface area contributed by atoms with Crippen LogP contribution >= 0.6 is 41.6 Å². The molecule has 0 unspecified atom stereocenters. The number of benzene rings is 1. The zero-order valence-corrected chi connectivity index (χ0v) is 22.6. The summed E-state index contributed by atoms with van der Waals surface area (Å²) in [5, 5.41) is 6.17. The van der Waals surface area contributed by atoms with Gasteiger partial charge in [-0.1, -0.05) is 30.3 Å². The van der Waals surface area contributed by atoms with Gasteiger partial charge in [0.2, 0.25) is 0 Å². The van der Waals surface area contributed by atoms with E-state index in [1.54, 1.807) is 25.2 Å². The molecule has 182 valence electrons. The van der Waals surface area contributed by atoms with Crippen LogP contribution in [0.25, 0.3) is 22.5 Å². The number of rotatable bonds is 9. The molecule has 1 aliphatic carbocycles. The summed E-state index contributed by atoms with van der Waals surface area (Å²) in [6, 6.07) is 11.6. The van der Waals surface area contributed by atoms with E-state index < -0.39 is 7.60 Å². The lowest BCUT2D eigenvalue weighted by Gasteiger charge is -2.15. The summed E-state index contributed by atoms with van der Waals surface area (Å²) in [7, 11) is -3.36. The molecule has 0 atom stereocenters. The van der Waals surface area contributed by atoms with Crippen molar-refractivity contribution in [3.8, 4) is 22.5 Å². The monoisotopic (exact) mass is 545 g/mol. The van der Waals surface area contributed by atoms with E-state index in [0.29, 0.717) is 20.7 Å². The summed E-state index contributed by atoms with van der Waals surface area (Å²) >= 11 is 4.48. The number of nitrogens with zero attached hydrogens (tertiary/aromatic N) is 2. The number of nitrogens with one attached hydrogen (secondary N) is 1. The second kappa shape index (κ2) is 10.4. The minimum absolute atomic E-state index is 0.0128. The van der Waals surface area contributed by atoms with E-state index in [1.165, 1.54) is 38.0 Å². The Balaban J connectivity index is 1.46. The second-order valence-corrected chi connectivity index (χ2v) is 13.0. The summed E-state index contributed by atoms with van der Waals surface area (Å²) in [5.74, 6) is -0.285. The van der Waals surface area contributed by atoms with Crippen molar-refractivity contribution in [1.29, 1.82) is 0 Å². The van der Waals surface area contributed by atoms with Gasteiger partial charge in [0, 0.05) is 20.9 Å². The molecule has 11 heteroatoms. The molecule has 3 heterocycles. The maximum absolute atomic E-state index is 13.4. The predicted octanol–water partition coefficient (Wildman–Crippen LogP) is 7.11. The normalized spacial score (nSPS) is 12.9. The third-order valence-corrected chi connectivity index (χ3v) is 10.7. The fourth-order valence-corrected chi connectivity index (χ4v) is 8.78. The van der Waals surface area contributed by atoms with Crippen LogP contribution in [0.2, 0.25) is 0 Å². The van der Waals surface area contributed by atoms with Gasteiger partial charge in [-0.2, -0.15) is 0 Å². The van der Waals surface area contributed by atoms with Crippen LogP contribution in [0, 0.1) is 0 Å². The molecular weight excluding hydrogens is 521 g/mol. The number of aromatic nitrogens is 2. The summed E-state index contributed by atoms with van der Waals surface area (Å²) in [6.45, 7) is 4.08. The molecule has 5 rings (SSSR count). The fraction of sp³-hybridized carbons (Fsp3) is 0.292. The third kappa shape index (κ3) is 5.18. The van der Waals surface area contributed by atoms with Crippen LogP contribution in [-0.2, 0) is 32.6 Å². The van der Waals surface area contributed by atoms with E-state index in [9.17, 15) is 9.36 Å². The van der Waals surface area contributed by atoms with Crippen molar-refractivity contribution in [2.75, 3.05) is 18.5 Å². The first kappa shape index (κ1) is 24.5. The highest BCUT2D eigenvalue weighted by atomic mass is 32.1. The van der Waals surface area contributed by atoms with Crippen LogP contribution < -0.4 is 5.32 Å². The molecule has 1 N–H and O–H groups in total. The predicted molar refractivity (Wildman–Crippen MR) is 143 cm³/mol. The van der Waals surface area contributed by atoms with Crippen LogP contribution in [0.3, 0.4) is 0 Å². The van der Waals surface area contributed by atoms with Gasteiger partial charge in [0.1, 0.15) is 16.0 Å². The van der Waals surface area contributed by atoms with Gasteiger partial charge in [0.15, 0.2) is 5.13 Å². The number of hydrogen-bond donors (Lipinski definition) is 1. The minimum atomic E-state index is -3.36. The van der Waals surface area contributed by atoms with Gasteiger partial charge in [0.25, 0.3) is 5.91 Å². The molecule has 1 aliphatic rings. The van der Waals surface area contributed by atoms with Gasteiger partial charge in [0.05, 0.1) is 24.6 Å². The average Bonchev–Trinajstić information content (AvgIpc) is 3.57. The lowest BCUT2D eigenvalue weighted by atomic mass is 10.0. The minimum Gasteiger partial charge on any atom is -0.309 e. The van der Waals surface area contributed by atoms with Gasteiger partial charge >= 0.3 is 7.60 Å². The van der Waals surface area contributed by atoms with Crippen molar-refractivity contribution >= 4 is 52.6 Å². The Morgan fingerprint density at radius 1 is 1.00 bits per heavy atom. The van der Waals surface area contributed by atoms with Gasteiger partial charge < -0.3 is 9.05 Å². The van der Waals surface area contributed by atoms with Gasteiger partial charge in [-0.05, 0) is 38.1 Å². The number of thiazole rings is 2. The number of hydrogen-bond acceptors (Lipinski definition) is 9. The van der Waals surface area contributed by atoms with E-state index in [-0.39, 0.29) is 25.3 Å². The molecule has 1 aromatic carbocycles. The molecule has 0 radical (unpaired) electrons. The molecule has 0 bridgehead atoms. The standard InChI is InChI=1S/C24H24N3O4PS3/c1-3-30-32(29,31-4-2)14-19-25-20(15-8-6-5-7-9-15)22(35-19)23(28)27-24-26-21-16-12-13-33-17(16)10-11-18(21)34-24/h5-9,12-13H,3-4,10-11,14H2,1-2H3,(H,26,27,28). The zero-order chi connectivity index (χ0) is 24.4. The van der Waals surface area contributed by atoms with E-state index >= 15 is 0 Å². The highest BCUT2D eigenvalue weighted by Gasteiger charge is 2.29. The molecule has 0 spiro atoms. The smallest absolute Gasteiger partial charge is 0.309 e. The Morgan fingerprint density at radius 3 is 2.49 bits per heavy atom. The first-order valence-corrected chi connectivity index (χ1v) is 15.5. The molecule has 4 aromatic rings.